The average molecular weight is 505 g/mol. The van der Waals surface area contributed by atoms with Gasteiger partial charge in [0.15, 0.2) is 0 Å². The average Bonchev–Trinajstić information content (AvgIpc) is 3.09. The number of benzene rings is 3. The first-order valence-electron chi connectivity index (χ1n) is 11.6. The van der Waals surface area contributed by atoms with Crippen LogP contribution >= 0.6 is 0 Å². The van der Waals surface area contributed by atoms with Crippen LogP contribution in [0.15, 0.2) is 72.8 Å². The summed E-state index contributed by atoms with van der Waals surface area (Å²) in [5, 5.41) is 18.4. The van der Waals surface area contributed by atoms with E-state index in [1.807, 2.05) is 19.9 Å². The number of ether oxygens (including phenoxy) is 1. The van der Waals surface area contributed by atoms with Crippen LogP contribution in [0.2, 0.25) is 0 Å². The number of hydrogen-bond donors (Lipinski definition) is 0. The van der Waals surface area contributed by atoms with Crippen molar-refractivity contribution in [1.29, 1.82) is 10.5 Å². The molecule has 0 N–H and O–H groups in total. The number of rotatable bonds is 6. The Kier molecular flexibility index (Phi) is 6.82. The van der Waals surface area contributed by atoms with Crippen LogP contribution in [0.3, 0.4) is 0 Å². The zero-order valence-electron chi connectivity index (χ0n) is 20.2. The lowest BCUT2D eigenvalue weighted by Crippen LogP contribution is -2.46. The van der Waals surface area contributed by atoms with Gasteiger partial charge >= 0.3 is 12.4 Å². The van der Waals surface area contributed by atoms with E-state index in [0.717, 1.165) is 0 Å². The van der Waals surface area contributed by atoms with Crippen LogP contribution < -0.4 is 14.5 Å². The molecule has 2 atom stereocenters. The van der Waals surface area contributed by atoms with Crippen LogP contribution in [0.5, 0.6) is 5.75 Å². The lowest BCUT2D eigenvalue weighted by Gasteiger charge is -2.39. The van der Waals surface area contributed by atoms with Crippen LogP contribution in [-0.2, 0) is 0 Å². The molecule has 1 heterocycles. The van der Waals surface area contributed by atoms with Crippen molar-refractivity contribution in [2.24, 2.45) is 0 Å². The first-order chi connectivity index (χ1) is 17.6. The van der Waals surface area contributed by atoms with E-state index in [-0.39, 0.29) is 11.8 Å². The van der Waals surface area contributed by atoms with Crippen LogP contribution in [0.4, 0.5) is 29.3 Å². The molecule has 0 saturated carbocycles. The van der Waals surface area contributed by atoms with Gasteiger partial charge < -0.3 is 4.74 Å². The van der Waals surface area contributed by atoms with E-state index in [0.29, 0.717) is 40.9 Å². The second-order valence-corrected chi connectivity index (χ2v) is 8.94. The maximum atomic E-state index is 14.1. The minimum absolute atomic E-state index is 0.377. The Bertz CT molecular complexity index is 1370. The van der Waals surface area contributed by atoms with Gasteiger partial charge in [0.05, 0.1) is 34.8 Å². The van der Waals surface area contributed by atoms with Crippen molar-refractivity contribution in [1.82, 2.24) is 0 Å². The number of amides is 2. The number of carbonyl (C=O) groups is 1. The number of alkyl halides is 3. The summed E-state index contributed by atoms with van der Waals surface area (Å²) in [7, 11) is 0. The monoisotopic (exact) mass is 504 g/mol. The number of carbonyl (C=O) groups excluding carboxylic acids is 1. The molecule has 37 heavy (non-hydrogen) atoms. The summed E-state index contributed by atoms with van der Waals surface area (Å²) in [4.78, 5) is 17.3. The highest BCUT2D eigenvalue weighted by atomic mass is 19.4. The van der Waals surface area contributed by atoms with Gasteiger partial charge in [-0.05, 0) is 79.6 Å². The molecule has 1 fully saturated rings. The highest BCUT2D eigenvalue weighted by molar-refractivity contribution is 6.08. The van der Waals surface area contributed by atoms with Gasteiger partial charge in [-0.1, -0.05) is 25.5 Å². The van der Waals surface area contributed by atoms with E-state index in [9.17, 15) is 28.5 Å². The van der Waals surface area contributed by atoms with Crippen LogP contribution in [0.1, 0.15) is 49.4 Å². The molecule has 0 unspecified atom stereocenters. The third-order valence-corrected chi connectivity index (χ3v) is 6.45. The fourth-order valence-corrected chi connectivity index (χ4v) is 5.03. The molecule has 6 nitrogen and oxygen atoms in total. The summed E-state index contributed by atoms with van der Waals surface area (Å²) in [5.74, 6) is -0.382. The van der Waals surface area contributed by atoms with Crippen molar-refractivity contribution < 1.29 is 22.7 Å². The fourth-order valence-electron chi connectivity index (χ4n) is 5.03. The highest BCUT2D eigenvalue weighted by Gasteiger charge is 2.55. The third-order valence-electron chi connectivity index (χ3n) is 6.45. The van der Waals surface area contributed by atoms with Gasteiger partial charge in [-0.25, -0.2) is 4.79 Å². The van der Waals surface area contributed by atoms with E-state index < -0.39 is 17.9 Å². The minimum Gasteiger partial charge on any atom is -0.406 e. The molecule has 3 aromatic carbocycles. The van der Waals surface area contributed by atoms with Gasteiger partial charge in [-0.15, -0.1) is 13.2 Å². The molecule has 0 aliphatic carbocycles. The fraction of sp³-hybridized carbons (Fsp3) is 0.250. The largest absolute Gasteiger partial charge is 0.573 e. The van der Waals surface area contributed by atoms with E-state index in [1.54, 1.807) is 64.4 Å². The molecule has 1 aliphatic rings. The van der Waals surface area contributed by atoms with Gasteiger partial charge in [-0.2, -0.15) is 10.5 Å². The number of hydrogen-bond acceptors (Lipinski definition) is 4. The predicted molar refractivity (Wildman–Crippen MR) is 132 cm³/mol. The Labute approximate surface area is 212 Å². The van der Waals surface area contributed by atoms with E-state index >= 15 is 0 Å². The Balaban J connectivity index is 1.92. The van der Waals surface area contributed by atoms with E-state index in [4.69, 9.17) is 0 Å². The number of anilines is 2. The van der Waals surface area contributed by atoms with Crippen molar-refractivity contribution in [3.8, 4) is 17.9 Å². The summed E-state index contributed by atoms with van der Waals surface area (Å²) in [5.41, 5.74) is 1.48. The van der Waals surface area contributed by atoms with Gasteiger partial charge in [0.1, 0.15) is 5.75 Å². The lowest BCUT2D eigenvalue weighted by molar-refractivity contribution is -0.274. The zero-order valence-corrected chi connectivity index (χ0v) is 20.2. The summed E-state index contributed by atoms with van der Waals surface area (Å²) >= 11 is 0. The number of urea groups is 1. The lowest BCUT2D eigenvalue weighted by atomic mass is 9.82. The molecule has 0 spiro atoms. The molecule has 1 aliphatic heterocycles. The Hall–Kier alpha value is -4.50. The van der Waals surface area contributed by atoms with Gasteiger partial charge in [0, 0.05) is 11.4 Å². The maximum absolute atomic E-state index is 14.1. The molecule has 0 bridgehead atoms. The SMILES string of the molecule is CCC[C@]1(C)[C@@H](c2cccc(OC(F)(F)F)c2)N(c2ccc(C#N)cc2)C(=O)N1c1ccc(C#N)cc1. The maximum Gasteiger partial charge on any atom is 0.573 e. The van der Waals surface area contributed by atoms with Gasteiger partial charge in [0.2, 0.25) is 0 Å². The molecule has 4 rings (SSSR count). The molecule has 9 heteroatoms. The van der Waals surface area contributed by atoms with Crippen LogP contribution in [0, 0.1) is 22.7 Å². The molecule has 0 aromatic heterocycles. The summed E-state index contributed by atoms with van der Waals surface area (Å²) < 4.78 is 43.2. The molecule has 3 aromatic rings. The summed E-state index contributed by atoms with van der Waals surface area (Å²) in [6.45, 7) is 3.87. The van der Waals surface area contributed by atoms with Gasteiger partial charge in [0.25, 0.3) is 0 Å². The molecular weight excluding hydrogens is 481 g/mol. The summed E-state index contributed by atoms with van der Waals surface area (Å²) in [6, 6.07) is 21.8. The Morgan fingerprint density at radius 2 is 1.51 bits per heavy atom. The molecular formula is C28H23F3N4O2. The summed E-state index contributed by atoms with van der Waals surface area (Å²) in [6.07, 6.45) is -3.65. The second-order valence-electron chi connectivity index (χ2n) is 8.94. The normalized spacial score (nSPS) is 19.4. The predicted octanol–water partition coefficient (Wildman–Crippen LogP) is 7.08. The highest BCUT2D eigenvalue weighted by Crippen LogP contribution is 2.50. The third kappa shape index (κ3) is 4.94. The molecule has 0 radical (unpaired) electrons. The van der Waals surface area contributed by atoms with E-state index in [1.165, 1.54) is 18.2 Å². The van der Waals surface area contributed by atoms with Crippen molar-refractivity contribution in [2.45, 2.75) is 44.6 Å². The van der Waals surface area contributed by atoms with Crippen molar-refractivity contribution >= 4 is 17.4 Å². The first kappa shape index (κ1) is 25.6. The second kappa shape index (κ2) is 9.87. The molecule has 2 amide bonds. The van der Waals surface area contributed by atoms with Crippen molar-refractivity contribution in [2.75, 3.05) is 9.80 Å². The number of nitrogens with zero attached hydrogens (tertiary/aromatic N) is 4. The number of halogens is 3. The van der Waals surface area contributed by atoms with Crippen molar-refractivity contribution in [3.05, 3.63) is 89.5 Å². The quantitative estimate of drug-likeness (QED) is 0.359. The smallest absolute Gasteiger partial charge is 0.406 e. The minimum atomic E-state index is -4.86. The first-order valence-corrected chi connectivity index (χ1v) is 11.6. The van der Waals surface area contributed by atoms with Crippen LogP contribution in [-0.4, -0.2) is 17.9 Å². The molecule has 188 valence electrons. The standard InChI is InChI=1S/C28H23F3N4O2/c1-3-15-27(2)25(21-5-4-6-24(16-21)37-28(29,30)31)34(22-11-7-19(17-32)8-12-22)26(36)35(27)23-13-9-20(18-33)10-14-23/h4-14,16,25H,3,15H2,1-2H3/t25-,27-/m1/s1. The Morgan fingerprint density at radius 3 is 2.03 bits per heavy atom. The molecule has 1 saturated heterocycles. The van der Waals surface area contributed by atoms with Gasteiger partial charge in [-0.3, -0.25) is 9.80 Å². The topological polar surface area (TPSA) is 80.4 Å². The van der Waals surface area contributed by atoms with Crippen LogP contribution in [0.25, 0.3) is 0 Å². The Morgan fingerprint density at radius 1 is 0.946 bits per heavy atom. The number of nitriles is 2. The van der Waals surface area contributed by atoms with E-state index in [2.05, 4.69) is 10.8 Å². The zero-order chi connectivity index (χ0) is 26.8. The van der Waals surface area contributed by atoms with Crippen molar-refractivity contribution in [3.63, 3.8) is 0 Å².